The molecule has 1 heterocycles. The fourth-order valence-corrected chi connectivity index (χ4v) is 3.36. The van der Waals surface area contributed by atoms with E-state index in [0.717, 1.165) is 21.3 Å². The fourth-order valence-electron chi connectivity index (χ4n) is 2.95. The summed E-state index contributed by atoms with van der Waals surface area (Å²) in [6.07, 6.45) is 0. The molecule has 0 bridgehead atoms. The average Bonchev–Trinajstić information content (AvgIpc) is 2.80. The number of urea groups is 1. The van der Waals surface area contributed by atoms with Crippen LogP contribution < -0.4 is 9.64 Å². The summed E-state index contributed by atoms with van der Waals surface area (Å²) in [5.74, 6) is 0.429. The summed E-state index contributed by atoms with van der Waals surface area (Å²) < 4.78 is 6.22. The van der Waals surface area contributed by atoms with E-state index >= 15 is 0 Å². The Bertz CT molecular complexity index is 820. The lowest BCUT2D eigenvalue weighted by atomic mass is 10.2. The van der Waals surface area contributed by atoms with Crippen molar-refractivity contribution in [1.29, 1.82) is 0 Å². The highest BCUT2D eigenvalue weighted by atomic mass is 79.9. The van der Waals surface area contributed by atoms with Gasteiger partial charge in [0, 0.05) is 15.7 Å². The number of rotatable bonds is 4. The molecular formula is C19H19BrN2O3. The largest absolute Gasteiger partial charge is 0.496 e. The third kappa shape index (κ3) is 3.26. The monoisotopic (exact) mass is 402 g/mol. The molecule has 1 atom stereocenters. The number of hydrogen-bond donors (Lipinski definition) is 0. The van der Waals surface area contributed by atoms with Crippen molar-refractivity contribution in [2.45, 2.75) is 26.4 Å². The summed E-state index contributed by atoms with van der Waals surface area (Å²) in [5, 5.41) is 0. The topological polar surface area (TPSA) is 49.9 Å². The summed E-state index contributed by atoms with van der Waals surface area (Å²) in [5.41, 5.74) is 2.60. The number of ether oxygens (including phenoxy) is 1. The van der Waals surface area contributed by atoms with Gasteiger partial charge in [-0.25, -0.2) is 4.79 Å². The summed E-state index contributed by atoms with van der Waals surface area (Å²) in [7, 11) is 1.57. The van der Waals surface area contributed by atoms with Crippen molar-refractivity contribution in [3.05, 3.63) is 58.1 Å². The zero-order valence-electron chi connectivity index (χ0n) is 14.3. The second kappa shape index (κ2) is 6.88. The molecule has 0 aromatic heterocycles. The molecule has 25 heavy (non-hydrogen) atoms. The van der Waals surface area contributed by atoms with E-state index in [9.17, 15) is 9.59 Å². The maximum Gasteiger partial charge on any atom is 0.332 e. The Morgan fingerprint density at radius 3 is 2.44 bits per heavy atom. The zero-order chi connectivity index (χ0) is 18.1. The molecule has 1 fully saturated rings. The lowest BCUT2D eigenvalue weighted by Gasteiger charge is -2.20. The Morgan fingerprint density at radius 2 is 1.80 bits per heavy atom. The highest BCUT2D eigenvalue weighted by Gasteiger charge is 2.43. The van der Waals surface area contributed by atoms with Crippen molar-refractivity contribution < 1.29 is 14.3 Å². The maximum absolute atomic E-state index is 12.9. The maximum atomic E-state index is 12.9. The second-order valence-corrected chi connectivity index (χ2v) is 6.96. The molecule has 0 radical (unpaired) electrons. The first kappa shape index (κ1) is 17.5. The van der Waals surface area contributed by atoms with Gasteiger partial charge in [0.05, 0.1) is 13.7 Å². The van der Waals surface area contributed by atoms with Gasteiger partial charge in [0.1, 0.15) is 11.8 Å². The van der Waals surface area contributed by atoms with E-state index in [4.69, 9.17) is 4.74 Å². The summed E-state index contributed by atoms with van der Waals surface area (Å²) in [6.45, 7) is 3.90. The van der Waals surface area contributed by atoms with Gasteiger partial charge in [0.2, 0.25) is 0 Å². The quantitative estimate of drug-likeness (QED) is 0.722. The third-order valence-corrected chi connectivity index (χ3v) is 4.82. The Morgan fingerprint density at radius 1 is 1.12 bits per heavy atom. The molecule has 3 rings (SSSR count). The first-order valence-corrected chi connectivity index (χ1v) is 8.75. The number of benzene rings is 2. The standard InChI is InChI=1S/C19H19BrN2O3/c1-12-4-7-16(8-5-12)22-13(2)18(23)21(19(22)24)11-14-10-15(20)6-9-17(14)25-3/h4-10,13H,11H2,1-3H3/t13-/m1/s1. The predicted octanol–water partition coefficient (Wildman–Crippen LogP) is 4.12. The van der Waals surface area contributed by atoms with E-state index in [-0.39, 0.29) is 18.5 Å². The van der Waals surface area contributed by atoms with Crippen LogP contribution in [0, 0.1) is 6.92 Å². The lowest BCUT2D eigenvalue weighted by molar-refractivity contribution is -0.127. The smallest absolute Gasteiger partial charge is 0.332 e. The van der Waals surface area contributed by atoms with Gasteiger partial charge in [-0.15, -0.1) is 0 Å². The average molecular weight is 403 g/mol. The van der Waals surface area contributed by atoms with Gasteiger partial charge >= 0.3 is 6.03 Å². The highest BCUT2D eigenvalue weighted by molar-refractivity contribution is 9.10. The first-order valence-electron chi connectivity index (χ1n) is 7.96. The second-order valence-electron chi connectivity index (χ2n) is 6.04. The van der Waals surface area contributed by atoms with Gasteiger partial charge in [-0.2, -0.15) is 0 Å². The summed E-state index contributed by atoms with van der Waals surface area (Å²) in [4.78, 5) is 28.4. The fraction of sp³-hybridized carbons (Fsp3) is 0.263. The van der Waals surface area contributed by atoms with Crippen molar-refractivity contribution in [1.82, 2.24) is 4.90 Å². The Balaban J connectivity index is 1.91. The number of amides is 3. The molecule has 0 aliphatic carbocycles. The molecule has 2 aromatic rings. The molecule has 2 aromatic carbocycles. The van der Waals surface area contributed by atoms with Crippen LogP contribution >= 0.6 is 15.9 Å². The molecule has 0 unspecified atom stereocenters. The van der Waals surface area contributed by atoms with Crippen LogP contribution in [0.4, 0.5) is 10.5 Å². The molecule has 0 N–H and O–H groups in total. The van der Waals surface area contributed by atoms with Crippen LogP contribution in [0.15, 0.2) is 46.9 Å². The Kier molecular flexibility index (Phi) is 4.81. The molecule has 1 saturated heterocycles. The van der Waals surface area contributed by atoms with E-state index in [0.29, 0.717) is 5.75 Å². The minimum absolute atomic E-state index is 0.174. The summed E-state index contributed by atoms with van der Waals surface area (Å²) >= 11 is 3.42. The number of anilines is 1. The van der Waals surface area contributed by atoms with Crippen LogP contribution in [0.3, 0.4) is 0 Å². The predicted molar refractivity (Wildman–Crippen MR) is 99.8 cm³/mol. The van der Waals surface area contributed by atoms with Crippen LogP contribution in [-0.4, -0.2) is 30.0 Å². The number of aryl methyl sites for hydroxylation is 1. The van der Waals surface area contributed by atoms with Gasteiger partial charge < -0.3 is 4.74 Å². The van der Waals surface area contributed by atoms with Crippen LogP contribution in [0.5, 0.6) is 5.75 Å². The van der Waals surface area contributed by atoms with E-state index in [1.54, 1.807) is 14.0 Å². The van der Waals surface area contributed by atoms with Gasteiger partial charge in [0.25, 0.3) is 5.91 Å². The molecule has 1 aliphatic rings. The number of nitrogens with zero attached hydrogens (tertiary/aromatic N) is 2. The van der Waals surface area contributed by atoms with Crippen molar-refractivity contribution >= 4 is 33.6 Å². The number of hydrogen-bond acceptors (Lipinski definition) is 3. The minimum atomic E-state index is -0.534. The molecule has 3 amide bonds. The van der Waals surface area contributed by atoms with Crippen LogP contribution in [0.25, 0.3) is 0 Å². The zero-order valence-corrected chi connectivity index (χ0v) is 15.9. The third-order valence-electron chi connectivity index (χ3n) is 4.33. The van der Waals surface area contributed by atoms with Gasteiger partial charge in [-0.1, -0.05) is 33.6 Å². The van der Waals surface area contributed by atoms with Gasteiger partial charge in [0.15, 0.2) is 0 Å². The number of halogens is 1. The van der Waals surface area contributed by atoms with Crippen LogP contribution in [-0.2, 0) is 11.3 Å². The van der Waals surface area contributed by atoms with Gasteiger partial charge in [-0.05, 0) is 44.2 Å². The Labute approximate surface area is 155 Å². The van der Waals surface area contributed by atoms with E-state index in [1.807, 2.05) is 49.4 Å². The molecule has 0 spiro atoms. The normalized spacial score (nSPS) is 17.4. The lowest BCUT2D eigenvalue weighted by Crippen LogP contribution is -2.33. The summed E-state index contributed by atoms with van der Waals surface area (Å²) in [6, 6.07) is 12.3. The van der Waals surface area contributed by atoms with Crippen LogP contribution in [0.1, 0.15) is 18.1 Å². The number of carbonyl (C=O) groups is 2. The van der Waals surface area contributed by atoms with E-state index < -0.39 is 6.04 Å². The molecular weight excluding hydrogens is 384 g/mol. The van der Waals surface area contributed by atoms with E-state index in [2.05, 4.69) is 15.9 Å². The van der Waals surface area contributed by atoms with Crippen molar-refractivity contribution in [2.75, 3.05) is 12.0 Å². The molecule has 5 nitrogen and oxygen atoms in total. The minimum Gasteiger partial charge on any atom is -0.496 e. The molecule has 6 heteroatoms. The van der Waals surface area contributed by atoms with Crippen molar-refractivity contribution in [3.8, 4) is 5.75 Å². The molecule has 130 valence electrons. The SMILES string of the molecule is COc1ccc(Br)cc1CN1C(=O)[C@@H](C)N(c2ccc(C)cc2)C1=O. The highest BCUT2D eigenvalue weighted by Crippen LogP contribution is 2.30. The van der Waals surface area contributed by atoms with E-state index in [1.165, 1.54) is 9.80 Å². The number of carbonyl (C=O) groups excluding carboxylic acids is 2. The van der Waals surface area contributed by atoms with Crippen molar-refractivity contribution in [3.63, 3.8) is 0 Å². The van der Waals surface area contributed by atoms with Crippen LogP contribution in [0.2, 0.25) is 0 Å². The number of methoxy groups -OCH3 is 1. The van der Waals surface area contributed by atoms with Gasteiger partial charge in [-0.3, -0.25) is 14.6 Å². The molecule has 0 saturated carbocycles. The number of imide groups is 1. The first-order chi connectivity index (χ1) is 11.9. The van der Waals surface area contributed by atoms with Crippen molar-refractivity contribution in [2.24, 2.45) is 0 Å². The Hall–Kier alpha value is -2.34. The molecule has 1 aliphatic heterocycles.